The Labute approximate surface area is 175 Å². The lowest BCUT2D eigenvalue weighted by atomic mass is 10.1. The number of halogens is 2. The van der Waals surface area contributed by atoms with Gasteiger partial charge in [0.2, 0.25) is 5.91 Å². The van der Waals surface area contributed by atoms with Gasteiger partial charge in [-0.25, -0.2) is 10.2 Å². The third-order valence-electron chi connectivity index (χ3n) is 3.49. The second kappa shape index (κ2) is 10.7. The van der Waals surface area contributed by atoms with Crippen LogP contribution in [-0.2, 0) is 20.7 Å². The highest BCUT2D eigenvalue weighted by Crippen LogP contribution is 2.36. The van der Waals surface area contributed by atoms with Gasteiger partial charge in [-0.2, -0.15) is 5.10 Å². The first-order valence-corrected chi connectivity index (χ1v) is 9.23. The quantitative estimate of drug-likeness (QED) is 0.364. The molecule has 0 atom stereocenters. The van der Waals surface area contributed by atoms with Crippen LogP contribution >= 0.6 is 27.5 Å². The highest BCUT2D eigenvalue weighted by Gasteiger charge is 2.13. The maximum atomic E-state index is 12.0. The van der Waals surface area contributed by atoms with E-state index in [1.165, 1.54) is 20.4 Å². The van der Waals surface area contributed by atoms with Crippen LogP contribution in [0.5, 0.6) is 11.5 Å². The molecule has 0 spiro atoms. The number of amides is 1. The summed E-state index contributed by atoms with van der Waals surface area (Å²) in [6, 6.07) is 10.6. The normalized spacial score (nSPS) is 10.6. The molecule has 0 aliphatic carbocycles. The number of carbonyl (C=O) groups excluding carboxylic acids is 2. The first-order chi connectivity index (χ1) is 13.4. The van der Waals surface area contributed by atoms with Crippen molar-refractivity contribution in [1.29, 1.82) is 0 Å². The SMILES string of the molecule is COC(=O)COc1c(Cl)cc(/C=N/NC(=O)Cc2ccc(Br)cc2)cc1OC. The van der Waals surface area contributed by atoms with Crippen LogP contribution < -0.4 is 14.9 Å². The number of hydrogen-bond donors (Lipinski definition) is 1. The van der Waals surface area contributed by atoms with Gasteiger partial charge in [0.15, 0.2) is 18.1 Å². The first kappa shape index (κ1) is 21.7. The van der Waals surface area contributed by atoms with Crippen LogP contribution in [0.15, 0.2) is 46.0 Å². The zero-order valence-electron chi connectivity index (χ0n) is 15.2. The molecule has 0 aromatic heterocycles. The van der Waals surface area contributed by atoms with Crippen molar-refractivity contribution in [1.82, 2.24) is 5.43 Å². The van der Waals surface area contributed by atoms with Crippen molar-refractivity contribution < 1.29 is 23.8 Å². The molecular formula is C19H18BrClN2O5. The third kappa shape index (κ3) is 6.54. The van der Waals surface area contributed by atoms with E-state index >= 15 is 0 Å². The number of hydrogen-bond acceptors (Lipinski definition) is 6. The van der Waals surface area contributed by atoms with Crippen LogP contribution in [0.1, 0.15) is 11.1 Å². The highest BCUT2D eigenvalue weighted by molar-refractivity contribution is 9.10. The minimum atomic E-state index is -0.544. The van der Waals surface area contributed by atoms with E-state index in [1.54, 1.807) is 12.1 Å². The van der Waals surface area contributed by atoms with Gasteiger partial charge in [-0.05, 0) is 35.4 Å². The van der Waals surface area contributed by atoms with E-state index in [0.717, 1.165) is 10.0 Å². The monoisotopic (exact) mass is 468 g/mol. The Morgan fingerprint density at radius 3 is 2.57 bits per heavy atom. The molecule has 0 saturated carbocycles. The molecule has 28 heavy (non-hydrogen) atoms. The van der Waals surface area contributed by atoms with E-state index in [-0.39, 0.29) is 29.7 Å². The summed E-state index contributed by atoms with van der Waals surface area (Å²) in [6.45, 7) is -0.299. The first-order valence-electron chi connectivity index (χ1n) is 8.06. The lowest BCUT2D eigenvalue weighted by molar-refractivity contribution is -0.142. The molecule has 2 rings (SSSR count). The smallest absolute Gasteiger partial charge is 0.343 e. The number of methoxy groups -OCH3 is 2. The van der Waals surface area contributed by atoms with Gasteiger partial charge in [0.05, 0.1) is 31.9 Å². The zero-order valence-corrected chi connectivity index (χ0v) is 17.5. The number of carbonyl (C=O) groups is 2. The molecule has 7 nitrogen and oxygen atoms in total. The number of nitrogens with one attached hydrogen (secondary N) is 1. The van der Waals surface area contributed by atoms with Gasteiger partial charge in [0, 0.05) is 4.47 Å². The predicted molar refractivity (Wildman–Crippen MR) is 109 cm³/mol. The van der Waals surface area contributed by atoms with Gasteiger partial charge in [-0.3, -0.25) is 4.79 Å². The molecule has 0 unspecified atom stereocenters. The maximum absolute atomic E-state index is 12.0. The summed E-state index contributed by atoms with van der Waals surface area (Å²) >= 11 is 9.54. The van der Waals surface area contributed by atoms with Crippen LogP contribution in [0.4, 0.5) is 0 Å². The largest absolute Gasteiger partial charge is 0.493 e. The third-order valence-corrected chi connectivity index (χ3v) is 4.30. The van der Waals surface area contributed by atoms with Crippen molar-refractivity contribution in [2.45, 2.75) is 6.42 Å². The number of rotatable bonds is 8. The van der Waals surface area contributed by atoms with Crippen LogP contribution in [0.3, 0.4) is 0 Å². The van der Waals surface area contributed by atoms with E-state index in [9.17, 15) is 9.59 Å². The van der Waals surface area contributed by atoms with E-state index in [0.29, 0.717) is 11.3 Å². The van der Waals surface area contributed by atoms with Crippen LogP contribution in [0.2, 0.25) is 5.02 Å². The molecule has 0 radical (unpaired) electrons. The Hall–Kier alpha value is -2.58. The standard InChI is InChI=1S/C19H18BrClN2O5/c1-26-16-8-13(7-15(21)19(16)28-11-18(25)27-2)10-22-23-17(24)9-12-3-5-14(20)6-4-12/h3-8,10H,9,11H2,1-2H3,(H,23,24)/b22-10+. The Morgan fingerprint density at radius 1 is 1.21 bits per heavy atom. The second-order valence-corrected chi connectivity index (χ2v) is 6.82. The Bertz CT molecular complexity index is 871. The van der Waals surface area contributed by atoms with E-state index in [1.807, 2.05) is 24.3 Å². The van der Waals surface area contributed by atoms with Gasteiger partial charge in [-0.15, -0.1) is 0 Å². The molecule has 0 heterocycles. The van der Waals surface area contributed by atoms with Crippen molar-refractivity contribution >= 4 is 45.6 Å². The molecule has 148 valence electrons. The molecule has 0 bridgehead atoms. The van der Waals surface area contributed by atoms with Gasteiger partial charge < -0.3 is 14.2 Å². The van der Waals surface area contributed by atoms with E-state index in [2.05, 4.69) is 31.2 Å². The fourth-order valence-corrected chi connectivity index (χ4v) is 2.69. The highest BCUT2D eigenvalue weighted by atomic mass is 79.9. The van der Waals surface area contributed by atoms with Crippen LogP contribution in [-0.4, -0.2) is 38.9 Å². The molecule has 2 aromatic carbocycles. The summed E-state index contributed by atoms with van der Waals surface area (Å²) in [5, 5.41) is 4.15. The number of ether oxygens (including phenoxy) is 3. The second-order valence-electron chi connectivity index (χ2n) is 5.50. The minimum Gasteiger partial charge on any atom is -0.493 e. The topological polar surface area (TPSA) is 86.2 Å². The lowest BCUT2D eigenvalue weighted by Gasteiger charge is -2.12. The zero-order chi connectivity index (χ0) is 20.5. The molecular weight excluding hydrogens is 452 g/mol. The summed E-state index contributed by atoms with van der Waals surface area (Å²) < 4.78 is 16.0. The average Bonchev–Trinajstić information content (AvgIpc) is 2.68. The van der Waals surface area contributed by atoms with Gasteiger partial charge >= 0.3 is 5.97 Å². The van der Waals surface area contributed by atoms with Crippen molar-refractivity contribution in [3.63, 3.8) is 0 Å². The Morgan fingerprint density at radius 2 is 1.93 bits per heavy atom. The van der Waals surface area contributed by atoms with E-state index in [4.69, 9.17) is 21.1 Å². The number of esters is 1. The van der Waals surface area contributed by atoms with E-state index < -0.39 is 5.97 Å². The lowest BCUT2D eigenvalue weighted by Crippen LogP contribution is -2.19. The Balaban J connectivity index is 2.00. The summed E-state index contributed by atoms with van der Waals surface area (Å²) in [4.78, 5) is 23.2. The molecule has 0 aliphatic heterocycles. The Kier molecular flexibility index (Phi) is 8.28. The van der Waals surface area contributed by atoms with Crippen molar-refractivity contribution in [2.75, 3.05) is 20.8 Å². The molecule has 1 N–H and O–H groups in total. The van der Waals surface area contributed by atoms with Crippen molar-refractivity contribution in [3.05, 3.63) is 57.0 Å². The molecule has 0 aliphatic rings. The van der Waals surface area contributed by atoms with Crippen molar-refractivity contribution in [3.8, 4) is 11.5 Å². The minimum absolute atomic E-state index is 0.203. The van der Waals surface area contributed by atoms with Crippen LogP contribution in [0.25, 0.3) is 0 Å². The molecule has 9 heteroatoms. The molecule has 0 fully saturated rings. The van der Waals surface area contributed by atoms with Crippen molar-refractivity contribution in [2.24, 2.45) is 5.10 Å². The molecule has 2 aromatic rings. The van der Waals surface area contributed by atoms with Crippen LogP contribution in [0, 0.1) is 0 Å². The number of nitrogens with zero attached hydrogens (tertiary/aromatic N) is 1. The molecule has 0 saturated heterocycles. The fourth-order valence-electron chi connectivity index (χ4n) is 2.15. The predicted octanol–water partition coefficient (Wildman–Crippen LogP) is 3.36. The summed E-state index contributed by atoms with van der Waals surface area (Å²) in [7, 11) is 2.70. The molecule has 1 amide bonds. The van der Waals surface area contributed by atoms with Gasteiger partial charge in [0.25, 0.3) is 0 Å². The summed E-state index contributed by atoms with van der Waals surface area (Å²) in [5.74, 6) is -0.267. The summed E-state index contributed by atoms with van der Waals surface area (Å²) in [5.41, 5.74) is 3.90. The van der Waals surface area contributed by atoms with Gasteiger partial charge in [-0.1, -0.05) is 39.7 Å². The van der Waals surface area contributed by atoms with Gasteiger partial charge in [0.1, 0.15) is 0 Å². The number of benzene rings is 2. The average molecular weight is 470 g/mol. The number of hydrazone groups is 1. The summed E-state index contributed by atoms with van der Waals surface area (Å²) in [6.07, 6.45) is 1.63. The maximum Gasteiger partial charge on any atom is 0.343 e. The fraction of sp³-hybridized carbons (Fsp3) is 0.211.